The van der Waals surface area contributed by atoms with E-state index in [9.17, 15) is 9.59 Å². The largest absolute Gasteiger partial charge is 0.444 e. The Labute approximate surface area is 206 Å². The molecular formula is C25H36ClN3O3S. The Kier molecular flexibility index (Phi) is 11.0. The lowest BCUT2D eigenvalue weighted by Gasteiger charge is -2.32. The zero-order chi connectivity index (χ0) is 24.4. The van der Waals surface area contributed by atoms with Crippen LogP contribution in [0.3, 0.4) is 0 Å². The van der Waals surface area contributed by atoms with Gasteiger partial charge in [-0.15, -0.1) is 11.3 Å². The van der Waals surface area contributed by atoms with Crippen LogP contribution in [0, 0.1) is 0 Å². The van der Waals surface area contributed by atoms with Gasteiger partial charge in [-0.2, -0.15) is 0 Å². The summed E-state index contributed by atoms with van der Waals surface area (Å²) in [6, 6.07) is 10.2. The van der Waals surface area contributed by atoms with Gasteiger partial charge in [0.1, 0.15) is 6.10 Å². The first-order valence-corrected chi connectivity index (χ1v) is 12.7. The molecule has 0 radical (unpaired) electrons. The Balaban J connectivity index is 0.000000289. The van der Waals surface area contributed by atoms with Gasteiger partial charge in [0.15, 0.2) is 0 Å². The minimum Gasteiger partial charge on any atom is -0.444 e. The molecule has 1 N–H and O–H groups in total. The van der Waals surface area contributed by atoms with Crippen LogP contribution in [0.4, 0.5) is 16.2 Å². The van der Waals surface area contributed by atoms with Gasteiger partial charge in [0, 0.05) is 38.4 Å². The summed E-state index contributed by atoms with van der Waals surface area (Å²) in [6.45, 7) is 10.8. The number of thiophene rings is 1. The molecule has 1 unspecified atom stereocenters. The fourth-order valence-electron chi connectivity index (χ4n) is 3.67. The topological polar surface area (TPSA) is 61.9 Å². The molecule has 2 fully saturated rings. The number of rotatable bonds is 3. The fraction of sp³-hybridized carbons (Fsp3) is 0.520. The second-order valence-electron chi connectivity index (χ2n) is 8.47. The minimum absolute atomic E-state index is 0.00463. The lowest BCUT2D eigenvalue weighted by Crippen LogP contribution is -2.30. The lowest BCUT2D eigenvalue weighted by molar-refractivity contribution is -0.118. The number of hydrogen-bond acceptors (Lipinski definition) is 5. The highest BCUT2D eigenvalue weighted by molar-refractivity contribution is 7.14. The second-order valence-corrected chi connectivity index (χ2v) is 10.1. The van der Waals surface area contributed by atoms with Gasteiger partial charge in [-0.05, 0) is 73.4 Å². The molecule has 8 heteroatoms. The zero-order valence-electron chi connectivity index (χ0n) is 20.3. The van der Waals surface area contributed by atoms with Crippen LogP contribution in [-0.2, 0) is 9.53 Å². The molecule has 4 rings (SSSR count). The number of ether oxygens (including phenoxy) is 1. The monoisotopic (exact) mass is 493 g/mol. The molecule has 1 aromatic carbocycles. The molecule has 182 valence electrons. The quantitative estimate of drug-likeness (QED) is 0.545. The molecule has 0 bridgehead atoms. The number of halogens is 1. The number of nitrogens with one attached hydrogen (secondary N) is 1. The standard InChI is InChI=1S/C18H26N2O2.C4H3ClS.C3H7NO/c1-13(2)16-11-15(20-12-14(3)22-18(20)21)7-8-17(16)19-9-5-4-6-10-19;5-4-2-1-3-6-4;1-3(5)4-2/h7-8,11,13-14H,4-6,9-10,12H2,1-3H3;1-3H;1-2H3,(H,4,5). The third-order valence-electron chi connectivity index (χ3n) is 5.44. The van der Waals surface area contributed by atoms with E-state index in [2.05, 4.69) is 42.3 Å². The lowest BCUT2D eigenvalue weighted by atomic mass is 9.98. The smallest absolute Gasteiger partial charge is 0.414 e. The van der Waals surface area contributed by atoms with Crippen molar-refractivity contribution in [2.24, 2.45) is 0 Å². The van der Waals surface area contributed by atoms with Crippen molar-refractivity contribution in [2.75, 3.05) is 36.5 Å². The van der Waals surface area contributed by atoms with Crippen LogP contribution in [0.15, 0.2) is 35.7 Å². The Bertz CT molecular complexity index is 883. The van der Waals surface area contributed by atoms with Crippen molar-refractivity contribution in [3.63, 3.8) is 0 Å². The summed E-state index contributed by atoms with van der Waals surface area (Å²) in [4.78, 5) is 25.9. The zero-order valence-corrected chi connectivity index (χ0v) is 21.8. The van der Waals surface area contributed by atoms with Crippen LogP contribution >= 0.6 is 22.9 Å². The molecule has 33 heavy (non-hydrogen) atoms. The number of cyclic esters (lactones) is 1. The van der Waals surface area contributed by atoms with Gasteiger partial charge in [0.05, 0.1) is 10.9 Å². The Morgan fingerprint density at radius 2 is 1.88 bits per heavy atom. The van der Waals surface area contributed by atoms with E-state index in [4.69, 9.17) is 16.3 Å². The van der Waals surface area contributed by atoms with E-state index in [0.29, 0.717) is 12.5 Å². The number of carbonyl (C=O) groups excluding carboxylic acids is 2. The summed E-state index contributed by atoms with van der Waals surface area (Å²) in [6.07, 6.45) is 3.62. The van der Waals surface area contributed by atoms with E-state index in [1.807, 2.05) is 24.4 Å². The third-order valence-corrected chi connectivity index (χ3v) is 6.49. The summed E-state index contributed by atoms with van der Waals surface area (Å²) < 4.78 is 6.11. The Hall–Kier alpha value is -2.25. The first-order valence-electron chi connectivity index (χ1n) is 11.5. The molecule has 6 nitrogen and oxygen atoms in total. The average molecular weight is 494 g/mol. The van der Waals surface area contributed by atoms with Crippen molar-refractivity contribution < 1.29 is 14.3 Å². The van der Waals surface area contributed by atoms with Crippen molar-refractivity contribution in [1.82, 2.24) is 5.32 Å². The number of carbonyl (C=O) groups is 2. The molecule has 2 aliphatic rings. The molecule has 2 aliphatic heterocycles. The van der Waals surface area contributed by atoms with E-state index < -0.39 is 0 Å². The SMILES string of the molecule is CC1CN(c2ccc(N3CCCCC3)c(C(C)C)c2)C(=O)O1.CNC(C)=O.Clc1cccs1. The molecule has 0 spiro atoms. The average Bonchev–Trinajstić information content (AvgIpc) is 3.42. The third kappa shape index (κ3) is 8.55. The minimum atomic E-state index is -0.229. The maximum absolute atomic E-state index is 11.9. The number of amides is 2. The van der Waals surface area contributed by atoms with Crippen molar-refractivity contribution in [3.05, 3.63) is 45.6 Å². The molecule has 0 aliphatic carbocycles. The normalized spacial score (nSPS) is 17.5. The van der Waals surface area contributed by atoms with Gasteiger partial charge in [0.25, 0.3) is 0 Å². The molecule has 2 aromatic rings. The number of piperidine rings is 1. The van der Waals surface area contributed by atoms with Crippen LogP contribution in [0.5, 0.6) is 0 Å². The Morgan fingerprint density at radius 1 is 1.21 bits per heavy atom. The summed E-state index contributed by atoms with van der Waals surface area (Å²) in [5.41, 5.74) is 3.62. The summed E-state index contributed by atoms with van der Waals surface area (Å²) >= 11 is 7.02. The van der Waals surface area contributed by atoms with E-state index in [-0.39, 0.29) is 18.1 Å². The van der Waals surface area contributed by atoms with Crippen molar-refractivity contribution in [2.45, 2.75) is 59.0 Å². The molecular weight excluding hydrogens is 458 g/mol. The van der Waals surface area contributed by atoms with Crippen LogP contribution in [0.1, 0.15) is 58.4 Å². The highest BCUT2D eigenvalue weighted by Crippen LogP contribution is 2.34. The molecule has 1 aromatic heterocycles. The number of nitrogens with zero attached hydrogens (tertiary/aromatic N) is 2. The van der Waals surface area contributed by atoms with Crippen molar-refractivity contribution in [3.8, 4) is 0 Å². The maximum atomic E-state index is 11.9. The van der Waals surface area contributed by atoms with Crippen LogP contribution in [0.2, 0.25) is 4.34 Å². The number of benzene rings is 1. The molecule has 2 amide bonds. The van der Waals surface area contributed by atoms with Gasteiger partial charge in [-0.1, -0.05) is 25.4 Å². The van der Waals surface area contributed by atoms with Crippen LogP contribution in [-0.4, -0.2) is 44.8 Å². The van der Waals surface area contributed by atoms with Gasteiger partial charge in [-0.25, -0.2) is 4.79 Å². The number of anilines is 2. The highest BCUT2D eigenvalue weighted by atomic mass is 35.5. The first-order chi connectivity index (χ1) is 15.7. The fourth-order valence-corrected chi connectivity index (χ4v) is 4.34. The molecule has 1 atom stereocenters. The second kappa shape index (κ2) is 13.5. The van der Waals surface area contributed by atoms with E-state index >= 15 is 0 Å². The summed E-state index contributed by atoms with van der Waals surface area (Å²) in [5, 5.41) is 4.34. The van der Waals surface area contributed by atoms with Crippen LogP contribution in [0.25, 0.3) is 0 Å². The van der Waals surface area contributed by atoms with Gasteiger partial charge in [-0.3, -0.25) is 9.69 Å². The summed E-state index contributed by atoms with van der Waals surface area (Å²) in [5.74, 6) is 0.443. The maximum Gasteiger partial charge on any atom is 0.414 e. The highest BCUT2D eigenvalue weighted by Gasteiger charge is 2.30. The van der Waals surface area contributed by atoms with Crippen molar-refractivity contribution >= 4 is 46.3 Å². The van der Waals surface area contributed by atoms with E-state index in [1.165, 1.54) is 37.4 Å². The van der Waals surface area contributed by atoms with E-state index in [0.717, 1.165) is 23.1 Å². The molecule has 2 saturated heterocycles. The van der Waals surface area contributed by atoms with Gasteiger partial charge >= 0.3 is 6.09 Å². The number of hydrogen-bond donors (Lipinski definition) is 1. The van der Waals surface area contributed by atoms with Crippen LogP contribution < -0.4 is 15.1 Å². The molecule has 0 saturated carbocycles. The Morgan fingerprint density at radius 3 is 2.30 bits per heavy atom. The first kappa shape index (κ1) is 27.0. The predicted octanol–water partition coefficient (Wildman–Crippen LogP) is 6.30. The summed E-state index contributed by atoms with van der Waals surface area (Å²) in [7, 11) is 1.60. The molecule has 3 heterocycles. The van der Waals surface area contributed by atoms with Crippen molar-refractivity contribution in [1.29, 1.82) is 0 Å². The van der Waals surface area contributed by atoms with Gasteiger partial charge in [0.2, 0.25) is 5.91 Å². The predicted molar refractivity (Wildman–Crippen MR) is 139 cm³/mol. The van der Waals surface area contributed by atoms with Gasteiger partial charge < -0.3 is 15.0 Å². The van der Waals surface area contributed by atoms with E-state index in [1.54, 1.807) is 23.3 Å².